The first-order chi connectivity index (χ1) is 10.4. The summed E-state index contributed by atoms with van der Waals surface area (Å²) in [5.41, 5.74) is -1.71. The first kappa shape index (κ1) is 19.7. The van der Waals surface area contributed by atoms with E-state index in [1.165, 1.54) is 14.2 Å². The van der Waals surface area contributed by atoms with E-state index < -0.39 is 41.6 Å². The van der Waals surface area contributed by atoms with Gasteiger partial charge in [-0.1, -0.05) is 25.9 Å². The summed E-state index contributed by atoms with van der Waals surface area (Å²) in [4.78, 5) is 23.9. The molecule has 0 bridgehead atoms. The van der Waals surface area contributed by atoms with Gasteiger partial charge in [-0.2, -0.15) is 0 Å². The van der Waals surface area contributed by atoms with E-state index in [2.05, 4.69) is 0 Å². The summed E-state index contributed by atoms with van der Waals surface area (Å²) in [5.74, 6) is -0.618. The molecule has 130 valence electrons. The lowest BCUT2D eigenvalue weighted by molar-refractivity contribution is -0.163. The van der Waals surface area contributed by atoms with Crippen molar-refractivity contribution in [3.63, 3.8) is 0 Å². The highest BCUT2D eigenvalue weighted by molar-refractivity contribution is 6.51. The molecule has 0 saturated carbocycles. The van der Waals surface area contributed by atoms with Crippen LogP contribution in [0.3, 0.4) is 0 Å². The average molecular weight is 326 g/mol. The molecule has 0 spiro atoms. The van der Waals surface area contributed by atoms with Crippen LogP contribution in [-0.4, -0.2) is 44.5 Å². The predicted molar refractivity (Wildman–Crippen MR) is 86.5 cm³/mol. The second kappa shape index (κ2) is 6.65. The topological polar surface area (TPSA) is 71.1 Å². The summed E-state index contributed by atoms with van der Waals surface area (Å²) in [5, 5.41) is 0. The smallest absolute Gasteiger partial charge is 0.468 e. The van der Waals surface area contributed by atoms with Gasteiger partial charge in [-0.3, -0.25) is 9.59 Å². The lowest BCUT2D eigenvalue weighted by Crippen LogP contribution is -2.41. The Balaban J connectivity index is 2.96. The van der Waals surface area contributed by atoms with Gasteiger partial charge in [0.15, 0.2) is 5.92 Å². The van der Waals surface area contributed by atoms with Crippen LogP contribution >= 0.6 is 0 Å². The normalized spacial score (nSPS) is 20.1. The molecule has 0 atom stereocenters. The molecule has 1 fully saturated rings. The molecule has 7 heteroatoms. The number of carbonyl (C=O) groups excluding carboxylic acids is 2. The number of ether oxygens (including phenoxy) is 2. The second-order valence-corrected chi connectivity index (χ2v) is 7.28. The van der Waals surface area contributed by atoms with Gasteiger partial charge in [0.2, 0.25) is 0 Å². The zero-order valence-corrected chi connectivity index (χ0v) is 15.3. The quantitative estimate of drug-likeness (QED) is 0.438. The molecule has 6 nitrogen and oxygen atoms in total. The van der Waals surface area contributed by atoms with Crippen LogP contribution in [0.1, 0.15) is 41.5 Å². The Hall–Kier alpha value is -1.34. The summed E-state index contributed by atoms with van der Waals surface area (Å²) >= 11 is 0. The highest BCUT2D eigenvalue weighted by atomic mass is 16.7. The molecule has 0 aromatic carbocycles. The van der Waals surface area contributed by atoms with E-state index in [-0.39, 0.29) is 0 Å². The summed E-state index contributed by atoms with van der Waals surface area (Å²) in [6.07, 6.45) is 1.73. The molecule has 1 aliphatic rings. The molecule has 1 aliphatic heterocycles. The number of rotatable bonds is 5. The minimum Gasteiger partial charge on any atom is -0.468 e. The summed E-state index contributed by atoms with van der Waals surface area (Å²) in [6.45, 7) is 11.3. The third-order valence-corrected chi connectivity index (χ3v) is 4.57. The molecular formula is C16H27BO6. The Morgan fingerprint density at radius 1 is 1.00 bits per heavy atom. The summed E-state index contributed by atoms with van der Waals surface area (Å²) in [7, 11) is 1.94. The van der Waals surface area contributed by atoms with Crippen LogP contribution in [0.15, 0.2) is 12.1 Å². The molecule has 0 aliphatic carbocycles. The third kappa shape index (κ3) is 4.15. The minimum atomic E-state index is -1.06. The van der Waals surface area contributed by atoms with Crippen LogP contribution in [0.4, 0.5) is 0 Å². The van der Waals surface area contributed by atoms with Gasteiger partial charge in [0.05, 0.1) is 25.4 Å². The van der Waals surface area contributed by atoms with Crippen molar-refractivity contribution in [1.29, 1.82) is 0 Å². The zero-order valence-electron chi connectivity index (χ0n) is 15.3. The van der Waals surface area contributed by atoms with E-state index in [4.69, 9.17) is 18.8 Å². The Kier molecular flexibility index (Phi) is 5.70. The van der Waals surface area contributed by atoms with E-state index in [0.717, 1.165) is 0 Å². The van der Waals surface area contributed by atoms with Gasteiger partial charge in [-0.25, -0.2) is 0 Å². The largest absolute Gasteiger partial charge is 0.486 e. The van der Waals surface area contributed by atoms with Crippen molar-refractivity contribution >= 4 is 19.1 Å². The minimum absolute atomic E-state index is 0.448. The number of hydrogen-bond acceptors (Lipinski definition) is 6. The molecule has 0 unspecified atom stereocenters. The SMILES string of the molecule is COC(=O)C(C(=O)OC)C(C)(C)/C=C/B1OC(C)(C)C(C)(C)O1. The van der Waals surface area contributed by atoms with Gasteiger partial charge in [0.1, 0.15) is 0 Å². The van der Waals surface area contributed by atoms with Crippen LogP contribution in [0, 0.1) is 11.3 Å². The van der Waals surface area contributed by atoms with Crippen LogP contribution < -0.4 is 0 Å². The number of esters is 2. The zero-order chi connectivity index (χ0) is 18.1. The molecule has 0 radical (unpaired) electrons. The van der Waals surface area contributed by atoms with Gasteiger partial charge in [0, 0.05) is 5.41 Å². The van der Waals surface area contributed by atoms with Crippen molar-refractivity contribution < 1.29 is 28.4 Å². The van der Waals surface area contributed by atoms with Gasteiger partial charge >= 0.3 is 19.1 Å². The monoisotopic (exact) mass is 326 g/mol. The van der Waals surface area contributed by atoms with E-state index >= 15 is 0 Å². The standard InChI is InChI=1S/C16H27BO6/c1-14(2,11(12(18)20-7)13(19)21-8)9-10-17-22-15(3,4)16(5,6)23-17/h9-11H,1-8H3/b10-9+. The molecule has 0 N–H and O–H groups in total. The average Bonchev–Trinajstić information content (AvgIpc) is 2.64. The number of carbonyl (C=O) groups is 2. The maximum Gasteiger partial charge on any atom is 0.486 e. The van der Waals surface area contributed by atoms with E-state index in [1.54, 1.807) is 25.9 Å². The summed E-state index contributed by atoms with van der Waals surface area (Å²) < 4.78 is 21.2. The Morgan fingerprint density at radius 2 is 1.39 bits per heavy atom. The molecule has 0 amide bonds. The molecular weight excluding hydrogens is 299 g/mol. The van der Waals surface area contributed by atoms with Crippen molar-refractivity contribution in [3.05, 3.63) is 12.1 Å². The molecule has 23 heavy (non-hydrogen) atoms. The van der Waals surface area contributed by atoms with Crippen molar-refractivity contribution in [2.24, 2.45) is 11.3 Å². The van der Waals surface area contributed by atoms with Gasteiger partial charge < -0.3 is 18.8 Å². The van der Waals surface area contributed by atoms with Crippen LogP contribution in [-0.2, 0) is 28.4 Å². The lowest BCUT2D eigenvalue weighted by Gasteiger charge is -2.32. The molecule has 1 heterocycles. The fourth-order valence-electron chi connectivity index (χ4n) is 2.33. The third-order valence-electron chi connectivity index (χ3n) is 4.57. The van der Waals surface area contributed by atoms with Crippen LogP contribution in [0.5, 0.6) is 0 Å². The van der Waals surface area contributed by atoms with Crippen molar-refractivity contribution in [1.82, 2.24) is 0 Å². The fourth-order valence-corrected chi connectivity index (χ4v) is 2.33. The molecule has 1 saturated heterocycles. The van der Waals surface area contributed by atoms with E-state index in [9.17, 15) is 9.59 Å². The van der Waals surface area contributed by atoms with Crippen molar-refractivity contribution in [2.75, 3.05) is 14.2 Å². The Labute approximate surface area is 138 Å². The maximum atomic E-state index is 11.9. The highest BCUT2D eigenvalue weighted by Crippen LogP contribution is 2.38. The maximum absolute atomic E-state index is 11.9. The number of hydrogen-bond donors (Lipinski definition) is 0. The van der Waals surface area contributed by atoms with E-state index in [0.29, 0.717) is 0 Å². The fraction of sp³-hybridized carbons (Fsp3) is 0.750. The van der Waals surface area contributed by atoms with E-state index in [1.807, 2.05) is 27.7 Å². The van der Waals surface area contributed by atoms with Crippen molar-refractivity contribution in [2.45, 2.75) is 52.7 Å². The first-order valence-electron chi connectivity index (χ1n) is 7.58. The van der Waals surface area contributed by atoms with Crippen molar-refractivity contribution in [3.8, 4) is 0 Å². The van der Waals surface area contributed by atoms with Gasteiger partial charge in [0.25, 0.3) is 0 Å². The lowest BCUT2D eigenvalue weighted by atomic mass is 9.75. The number of methoxy groups -OCH3 is 2. The molecule has 0 aromatic heterocycles. The first-order valence-corrected chi connectivity index (χ1v) is 7.58. The Morgan fingerprint density at radius 3 is 1.74 bits per heavy atom. The predicted octanol–water partition coefficient (Wildman–Crippen LogP) is 2.16. The van der Waals surface area contributed by atoms with Crippen LogP contribution in [0.25, 0.3) is 0 Å². The highest BCUT2D eigenvalue weighted by Gasteiger charge is 2.50. The van der Waals surface area contributed by atoms with Gasteiger partial charge in [-0.15, -0.1) is 0 Å². The van der Waals surface area contributed by atoms with Gasteiger partial charge in [-0.05, 0) is 27.7 Å². The molecule has 1 rings (SSSR count). The Bertz CT molecular complexity index is 463. The van der Waals surface area contributed by atoms with Crippen LogP contribution in [0.2, 0.25) is 0 Å². The number of allylic oxidation sites excluding steroid dienone is 1. The summed E-state index contributed by atoms with van der Waals surface area (Å²) in [6, 6.07) is 0. The second-order valence-electron chi connectivity index (χ2n) is 7.28. The molecule has 0 aromatic rings.